The van der Waals surface area contributed by atoms with Gasteiger partial charge in [0, 0.05) is 23.1 Å². The summed E-state index contributed by atoms with van der Waals surface area (Å²) in [4.78, 5) is 2.39. The molecule has 0 aliphatic carbocycles. The molecule has 0 saturated heterocycles. The second-order valence-corrected chi connectivity index (χ2v) is 7.04. The number of nitrogens with zero attached hydrogens (tertiary/aromatic N) is 1. The molecule has 0 saturated carbocycles. The van der Waals surface area contributed by atoms with Crippen LogP contribution in [0.4, 0.5) is 0 Å². The van der Waals surface area contributed by atoms with Gasteiger partial charge in [0.1, 0.15) is 0 Å². The zero-order chi connectivity index (χ0) is 14.5. The Morgan fingerprint density at radius 2 is 2.05 bits per heavy atom. The van der Waals surface area contributed by atoms with Gasteiger partial charge in [0.15, 0.2) is 0 Å². The van der Waals surface area contributed by atoms with Crippen molar-refractivity contribution in [2.75, 3.05) is 13.6 Å². The molecule has 0 radical (unpaired) electrons. The molecule has 108 valence electrons. The standard InChI is InChI=1S/C16H27BrN2/c1-13(2)8-9-16(3,12-18)19(4)11-14-6-5-7-15(17)10-14/h5-7,10,13H,8-9,11-12,18H2,1-4H3. The van der Waals surface area contributed by atoms with Crippen molar-refractivity contribution in [1.82, 2.24) is 4.90 Å². The summed E-state index contributed by atoms with van der Waals surface area (Å²) in [6.45, 7) is 8.44. The first-order valence-corrected chi connectivity index (χ1v) is 7.82. The average molecular weight is 327 g/mol. The first-order valence-electron chi connectivity index (χ1n) is 7.03. The van der Waals surface area contributed by atoms with E-state index in [1.54, 1.807) is 0 Å². The Balaban J connectivity index is 2.70. The normalized spacial score (nSPS) is 14.9. The molecule has 1 atom stereocenters. The molecule has 1 rings (SSSR count). The number of benzene rings is 1. The highest BCUT2D eigenvalue weighted by molar-refractivity contribution is 9.10. The van der Waals surface area contributed by atoms with Crippen molar-refractivity contribution in [1.29, 1.82) is 0 Å². The number of nitrogens with two attached hydrogens (primary N) is 1. The lowest BCUT2D eigenvalue weighted by atomic mass is 9.90. The second-order valence-electron chi connectivity index (χ2n) is 6.12. The van der Waals surface area contributed by atoms with Crippen LogP contribution in [0.15, 0.2) is 28.7 Å². The molecule has 1 aromatic carbocycles. The smallest absolute Gasteiger partial charge is 0.0304 e. The Morgan fingerprint density at radius 1 is 1.37 bits per heavy atom. The van der Waals surface area contributed by atoms with Gasteiger partial charge in [-0.15, -0.1) is 0 Å². The summed E-state index contributed by atoms with van der Waals surface area (Å²) in [7, 11) is 2.17. The molecule has 1 unspecified atom stereocenters. The molecular formula is C16H27BrN2. The summed E-state index contributed by atoms with van der Waals surface area (Å²) in [5, 5.41) is 0. The topological polar surface area (TPSA) is 29.3 Å². The fourth-order valence-corrected chi connectivity index (χ4v) is 2.60. The van der Waals surface area contributed by atoms with Gasteiger partial charge in [-0.2, -0.15) is 0 Å². The maximum Gasteiger partial charge on any atom is 0.0304 e. The summed E-state index contributed by atoms with van der Waals surface area (Å²) in [5.41, 5.74) is 7.42. The van der Waals surface area contributed by atoms with E-state index in [9.17, 15) is 0 Å². The second kappa shape index (κ2) is 7.41. The van der Waals surface area contributed by atoms with E-state index in [-0.39, 0.29) is 5.54 Å². The summed E-state index contributed by atoms with van der Waals surface area (Å²) < 4.78 is 1.13. The summed E-state index contributed by atoms with van der Waals surface area (Å²) in [6.07, 6.45) is 2.36. The van der Waals surface area contributed by atoms with Crippen LogP contribution in [0.2, 0.25) is 0 Å². The Morgan fingerprint density at radius 3 is 2.58 bits per heavy atom. The molecule has 2 nitrogen and oxygen atoms in total. The van der Waals surface area contributed by atoms with Gasteiger partial charge in [0.25, 0.3) is 0 Å². The van der Waals surface area contributed by atoms with Crippen molar-refractivity contribution in [3.05, 3.63) is 34.3 Å². The van der Waals surface area contributed by atoms with Gasteiger partial charge >= 0.3 is 0 Å². The first-order chi connectivity index (χ1) is 8.87. The van der Waals surface area contributed by atoms with E-state index in [2.05, 4.69) is 72.9 Å². The molecule has 0 spiro atoms. The van der Waals surface area contributed by atoms with Gasteiger partial charge < -0.3 is 5.73 Å². The Kier molecular flexibility index (Phi) is 6.51. The van der Waals surface area contributed by atoms with Gasteiger partial charge in [-0.1, -0.05) is 41.9 Å². The van der Waals surface area contributed by atoms with Crippen LogP contribution < -0.4 is 5.73 Å². The van der Waals surface area contributed by atoms with Crippen LogP contribution in [0.25, 0.3) is 0 Å². The average Bonchev–Trinajstić information content (AvgIpc) is 2.35. The van der Waals surface area contributed by atoms with Crippen LogP contribution in [-0.2, 0) is 6.54 Å². The maximum absolute atomic E-state index is 6.03. The Bertz CT molecular complexity index is 392. The Hall–Kier alpha value is -0.380. The van der Waals surface area contributed by atoms with E-state index in [1.807, 2.05) is 0 Å². The summed E-state index contributed by atoms with van der Waals surface area (Å²) in [5.74, 6) is 0.727. The fraction of sp³-hybridized carbons (Fsp3) is 0.625. The molecule has 3 heteroatoms. The van der Waals surface area contributed by atoms with E-state index >= 15 is 0 Å². The highest BCUT2D eigenvalue weighted by Gasteiger charge is 2.27. The third kappa shape index (κ3) is 5.25. The van der Waals surface area contributed by atoms with Gasteiger partial charge in [-0.3, -0.25) is 4.90 Å². The molecule has 0 aliphatic heterocycles. The van der Waals surface area contributed by atoms with Crippen molar-refractivity contribution >= 4 is 15.9 Å². The largest absolute Gasteiger partial charge is 0.329 e. The molecule has 0 amide bonds. The third-order valence-electron chi connectivity index (χ3n) is 3.93. The highest BCUT2D eigenvalue weighted by Crippen LogP contribution is 2.24. The summed E-state index contributed by atoms with van der Waals surface area (Å²) >= 11 is 3.53. The third-order valence-corrected chi connectivity index (χ3v) is 4.42. The minimum Gasteiger partial charge on any atom is -0.329 e. The van der Waals surface area contributed by atoms with E-state index in [0.717, 1.165) is 23.4 Å². The van der Waals surface area contributed by atoms with Crippen LogP contribution in [0, 0.1) is 5.92 Å². The van der Waals surface area contributed by atoms with Crippen molar-refractivity contribution in [2.45, 2.75) is 45.7 Å². The lowest BCUT2D eigenvalue weighted by molar-refractivity contribution is 0.119. The Labute approximate surface area is 126 Å². The molecule has 2 N–H and O–H groups in total. The predicted octanol–water partition coefficient (Wildman–Crippen LogP) is 4.03. The summed E-state index contributed by atoms with van der Waals surface area (Å²) in [6, 6.07) is 8.49. The number of likely N-dealkylation sites (N-methyl/N-ethyl adjacent to an activating group) is 1. The zero-order valence-corrected chi connectivity index (χ0v) is 14.2. The number of hydrogen-bond acceptors (Lipinski definition) is 2. The number of hydrogen-bond donors (Lipinski definition) is 1. The molecule has 0 aromatic heterocycles. The van der Waals surface area contributed by atoms with Crippen molar-refractivity contribution in [3.63, 3.8) is 0 Å². The number of rotatable bonds is 7. The van der Waals surface area contributed by atoms with E-state index in [4.69, 9.17) is 5.73 Å². The predicted molar refractivity (Wildman–Crippen MR) is 87.1 cm³/mol. The molecule has 0 bridgehead atoms. The maximum atomic E-state index is 6.03. The zero-order valence-electron chi connectivity index (χ0n) is 12.6. The van der Waals surface area contributed by atoms with E-state index in [0.29, 0.717) is 6.54 Å². The van der Waals surface area contributed by atoms with Crippen molar-refractivity contribution < 1.29 is 0 Å². The van der Waals surface area contributed by atoms with Crippen molar-refractivity contribution in [3.8, 4) is 0 Å². The van der Waals surface area contributed by atoms with Crippen LogP contribution in [0.3, 0.4) is 0 Å². The molecule has 0 aliphatic rings. The lowest BCUT2D eigenvalue weighted by Gasteiger charge is -2.39. The highest BCUT2D eigenvalue weighted by atomic mass is 79.9. The molecule has 1 aromatic rings. The SMILES string of the molecule is CC(C)CCC(C)(CN)N(C)Cc1cccc(Br)c1. The van der Waals surface area contributed by atoms with Gasteiger partial charge in [0.2, 0.25) is 0 Å². The lowest BCUT2D eigenvalue weighted by Crippen LogP contribution is -2.49. The fourth-order valence-electron chi connectivity index (χ4n) is 2.15. The molecule has 0 heterocycles. The first kappa shape index (κ1) is 16.7. The van der Waals surface area contributed by atoms with Gasteiger partial charge in [-0.05, 0) is 50.4 Å². The number of halogens is 1. The molecule has 0 fully saturated rings. The minimum atomic E-state index is 0.0760. The van der Waals surface area contributed by atoms with Gasteiger partial charge in [0.05, 0.1) is 0 Å². The monoisotopic (exact) mass is 326 g/mol. The van der Waals surface area contributed by atoms with Crippen LogP contribution in [0.1, 0.15) is 39.2 Å². The van der Waals surface area contributed by atoms with E-state index in [1.165, 1.54) is 12.0 Å². The van der Waals surface area contributed by atoms with Crippen LogP contribution in [0.5, 0.6) is 0 Å². The van der Waals surface area contributed by atoms with E-state index < -0.39 is 0 Å². The van der Waals surface area contributed by atoms with Gasteiger partial charge in [-0.25, -0.2) is 0 Å². The quantitative estimate of drug-likeness (QED) is 0.819. The van der Waals surface area contributed by atoms with Crippen molar-refractivity contribution in [2.24, 2.45) is 11.7 Å². The molecular weight excluding hydrogens is 300 g/mol. The molecule has 19 heavy (non-hydrogen) atoms. The van der Waals surface area contributed by atoms with Crippen LogP contribution in [-0.4, -0.2) is 24.0 Å². The minimum absolute atomic E-state index is 0.0760. The van der Waals surface area contributed by atoms with Crippen LogP contribution >= 0.6 is 15.9 Å².